The lowest BCUT2D eigenvalue weighted by Gasteiger charge is -2.34. The van der Waals surface area contributed by atoms with Crippen LogP contribution in [0.5, 0.6) is 5.75 Å². The van der Waals surface area contributed by atoms with E-state index in [4.69, 9.17) is 16.3 Å². The maximum atomic E-state index is 12.4. The topological polar surface area (TPSA) is 61.8 Å². The highest BCUT2D eigenvalue weighted by atomic mass is 35.5. The number of anilines is 1. The number of aliphatic hydroxyl groups is 1. The molecule has 1 aliphatic rings. The first kappa shape index (κ1) is 19.5. The predicted molar refractivity (Wildman–Crippen MR) is 107 cm³/mol. The van der Waals surface area contributed by atoms with Crippen molar-refractivity contribution in [2.24, 2.45) is 5.92 Å². The van der Waals surface area contributed by atoms with E-state index >= 15 is 0 Å². The molecule has 2 N–H and O–H groups in total. The monoisotopic (exact) mass is 388 g/mol. The second kappa shape index (κ2) is 8.63. The van der Waals surface area contributed by atoms with E-state index in [1.807, 2.05) is 49.4 Å². The summed E-state index contributed by atoms with van der Waals surface area (Å²) in [6.45, 7) is 3.02. The number of benzene rings is 2. The molecule has 0 radical (unpaired) electrons. The van der Waals surface area contributed by atoms with Gasteiger partial charge in [0.2, 0.25) is 0 Å². The summed E-state index contributed by atoms with van der Waals surface area (Å²) in [5.74, 6) is 1.13. The molecule has 6 heteroatoms. The molecule has 0 bridgehead atoms. The van der Waals surface area contributed by atoms with E-state index in [2.05, 4.69) is 5.32 Å². The lowest BCUT2D eigenvalue weighted by molar-refractivity contribution is 0.0332. The number of carbonyl (C=O) groups excluding carboxylic acids is 1. The first-order valence-corrected chi connectivity index (χ1v) is 9.46. The number of aryl methyl sites for hydroxylation is 1. The van der Waals surface area contributed by atoms with E-state index in [1.165, 1.54) is 0 Å². The molecule has 2 aromatic rings. The minimum atomic E-state index is -0.201. The lowest BCUT2D eigenvalue weighted by Crippen LogP contribution is -2.41. The zero-order valence-corrected chi connectivity index (χ0v) is 16.4. The summed E-state index contributed by atoms with van der Waals surface area (Å²) in [6.07, 6.45) is 1.35. The summed E-state index contributed by atoms with van der Waals surface area (Å²) in [4.78, 5) is 14.0. The number of rotatable bonds is 6. The highest BCUT2D eigenvalue weighted by Gasteiger charge is 2.29. The van der Waals surface area contributed by atoms with E-state index in [0.717, 1.165) is 35.4 Å². The van der Waals surface area contributed by atoms with Crippen molar-refractivity contribution in [3.63, 3.8) is 0 Å². The smallest absolute Gasteiger partial charge is 0.321 e. The van der Waals surface area contributed by atoms with Gasteiger partial charge in [0.1, 0.15) is 12.4 Å². The predicted octanol–water partition coefficient (Wildman–Crippen LogP) is 4.46. The van der Waals surface area contributed by atoms with Gasteiger partial charge >= 0.3 is 6.03 Å². The number of nitrogens with one attached hydrogen (secondary N) is 1. The molecule has 2 amide bonds. The van der Waals surface area contributed by atoms with Crippen molar-refractivity contribution in [3.05, 3.63) is 58.6 Å². The molecule has 2 aromatic carbocycles. The van der Waals surface area contributed by atoms with Crippen molar-refractivity contribution in [3.8, 4) is 5.75 Å². The van der Waals surface area contributed by atoms with Gasteiger partial charge in [-0.2, -0.15) is 0 Å². The maximum absolute atomic E-state index is 12.4. The van der Waals surface area contributed by atoms with Crippen LogP contribution in [0.3, 0.4) is 0 Å². The minimum absolute atomic E-state index is 0.146. The molecule has 0 saturated heterocycles. The van der Waals surface area contributed by atoms with Gasteiger partial charge in [0, 0.05) is 24.3 Å². The molecule has 3 rings (SSSR count). The van der Waals surface area contributed by atoms with Gasteiger partial charge in [-0.05, 0) is 67.1 Å². The molecule has 0 aliphatic heterocycles. The number of halogens is 1. The normalized spacial score (nSPS) is 18.5. The Morgan fingerprint density at radius 2 is 2.07 bits per heavy atom. The third-order valence-electron chi connectivity index (χ3n) is 4.82. The number of aliphatic hydroxyl groups excluding tert-OH is 1. The van der Waals surface area contributed by atoms with Crippen LogP contribution in [0.15, 0.2) is 42.5 Å². The fraction of sp³-hybridized carbons (Fsp3) is 0.381. The van der Waals surface area contributed by atoms with Crippen LogP contribution in [0.25, 0.3) is 0 Å². The first-order chi connectivity index (χ1) is 12.9. The third-order valence-corrected chi connectivity index (χ3v) is 5.06. The molecular formula is C21H25ClN2O3. The Balaban J connectivity index is 1.53. The molecule has 1 fully saturated rings. The van der Waals surface area contributed by atoms with Gasteiger partial charge in [-0.1, -0.05) is 23.7 Å². The Bertz CT molecular complexity index is 806. The summed E-state index contributed by atoms with van der Waals surface area (Å²) in [5, 5.41) is 13.0. The van der Waals surface area contributed by atoms with Crippen LogP contribution in [0, 0.1) is 12.8 Å². The largest absolute Gasteiger partial charge is 0.489 e. The van der Waals surface area contributed by atoms with Crippen molar-refractivity contribution >= 4 is 23.3 Å². The van der Waals surface area contributed by atoms with Crippen LogP contribution in [-0.2, 0) is 6.61 Å². The van der Waals surface area contributed by atoms with E-state index < -0.39 is 0 Å². The second-order valence-corrected chi connectivity index (χ2v) is 7.63. The molecule has 144 valence electrons. The van der Waals surface area contributed by atoms with Crippen LogP contribution >= 0.6 is 11.6 Å². The van der Waals surface area contributed by atoms with Crippen molar-refractivity contribution in [2.75, 3.05) is 18.9 Å². The van der Waals surface area contributed by atoms with E-state index in [9.17, 15) is 9.90 Å². The van der Waals surface area contributed by atoms with Gasteiger partial charge in [0.05, 0.1) is 6.10 Å². The second-order valence-electron chi connectivity index (χ2n) is 7.20. The molecule has 0 unspecified atom stereocenters. The van der Waals surface area contributed by atoms with Gasteiger partial charge in [-0.25, -0.2) is 4.79 Å². The first-order valence-electron chi connectivity index (χ1n) is 9.09. The molecule has 0 heterocycles. The van der Waals surface area contributed by atoms with E-state index in [1.54, 1.807) is 11.9 Å². The molecule has 1 aliphatic carbocycles. The molecule has 0 aromatic heterocycles. The van der Waals surface area contributed by atoms with Crippen molar-refractivity contribution in [1.82, 2.24) is 4.90 Å². The maximum Gasteiger partial charge on any atom is 0.321 e. The molecule has 27 heavy (non-hydrogen) atoms. The zero-order chi connectivity index (χ0) is 19.4. The highest BCUT2D eigenvalue weighted by molar-refractivity contribution is 6.30. The number of amides is 2. The number of carbonyl (C=O) groups is 1. The Morgan fingerprint density at radius 1 is 1.30 bits per heavy atom. The molecule has 1 saturated carbocycles. The third kappa shape index (κ3) is 5.37. The lowest BCUT2D eigenvalue weighted by atomic mass is 9.82. The standard InChI is InChI=1S/C21H25ClN2O3/c1-14-8-19(27-13-15-4-3-5-17(22)9-15)6-7-20(14)23-21(26)24(2)12-16-10-18(25)11-16/h3-9,16,18,25H,10-13H2,1-2H3,(H,23,26). The van der Waals surface area contributed by atoms with Crippen molar-refractivity contribution in [2.45, 2.75) is 32.5 Å². The Morgan fingerprint density at radius 3 is 2.74 bits per heavy atom. The Labute approximate surface area is 164 Å². The van der Waals surface area contributed by atoms with Crippen LogP contribution in [-0.4, -0.2) is 35.7 Å². The molecular weight excluding hydrogens is 364 g/mol. The summed E-state index contributed by atoms with van der Waals surface area (Å²) in [6, 6.07) is 13.0. The van der Waals surface area contributed by atoms with E-state index in [-0.39, 0.29) is 12.1 Å². The average Bonchev–Trinajstić information content (AvgIpc) is 2.60. The fourth-order valence-electron chi connectivity index (χ4n) is 3.19. The minimum Gasteiger partial charge on any atom is -0.489 e. The number of urea groups is 1. The van der Waals surface area contributed by atoms with Crippen LogP contribution < -0.4 is 10.1 Å². The highest BCUT2D eigenvalue weighted by Crippen LogP contribution is 2.28. The molecule has 5 nitrogen and oxygen atoms in total. The Hall–Kier alpha value is -2.24. The SMILES string of the molecule is Cc1cc(OCc2cccc(Cl)c2)ccc1NC(=O)N(C)CC1CC(O)C1. The summed E-state index contributed by atoms with van der Waals surface area (Å²) in [7, 11) is 1.78. The Kier molecular flexibility index (Phi) is 6.24. The molecule has 0 atom stereocenters. The summed E-state index contributed by atoms with van der Waals surface area (Å²) in [5.41, 5.74) is 2.69. The van der Waals surface area contributed by atoms with Crippen molar-refractivity contribution < 1.29 is 14.6 Å². The van der Waals surface area contributed by atoms with Gasteiger partial charge < -0.3 is 20.1 Å². The van der Waals surface area contributed by atoms with Crippen LogP contribution in [0.4, 0.5) is 10.5 Å². The quantitative estimate of drug-likeness (QED) is 0.767. The van der Waals surface area contributed by atoms with Crippen molar-refractivity contribution in [1.29, 1.82) is 0 Å². The van der Waals surface area contributed by atoms with Gasteiger partial charge in [0.25, 0.3) is 0 Å². The van der Waals surface area contributed by atoms with Crippen LogP contribution in [0.2, 0.25) is 5.02 Å². The fourth-order valence-corrected chi connectivity index (χ4v) is 3.40. The number of ether oxygens (including phenoxy) is 1. The number of hydrogen-bond acceptors (Lipinski definition) is 3. The number of nitrogens with zero attached hydrogens (tertiary/aromatic N) is 1. The van der Waals surface area contributed by atoms with Gasteiger partial charge in [-0.15, -0.1) is 0 Å². The zero-order valence-electron chi connectivity index (χ0n) is 15.6. The summed E-state index contributed by atoms with van der Waals surface area (Å²) >= 11 is 5.99. The molecule has 0 spiro atoms. The van der Waals surface area contributed by atoms with Gasteiger partial charge in [0.15, 0.2) is 0 Å². The number of hydrogen-bond donors (Lipinski definition) is 2. The summed E-state index contributed by atoms with van der Waals surface area (Å²) < 4.78 is 5.81. The van der Waals surface area contributed by atoms with Gasteiger partial charge in [-0.3, -0.25) is 0 Å². The average molecular weight is 389 g/mol. The van der Waals surface area contributed by atoms with E-state index in [0.29, 0.717) is 24.1 Å². The van der Waals surface area contributed by atoms with Crippen LogP contribution in [0.1, 0.15) is 24.0 Å².